The number of benzene rings is 1. The third-order valence-electron chi connectivity index (χ3n) is 4.95. The topological polar surface area (TPSA) is 87.2 Å². The molecule has 3 rings (SSSR count). The van der Waals surface area contributed by atoms with Gasteiger partial charge in [-0.15, -0.1) is 11.3 Å². The molecule has 1 aromatic carbocycles. The van der Waals surface area contributed by atoms with Crippen LogP contribution >= 0.6 is 11.3 Å². The van der Waals surface area contributed by atoms with Gasteiger partial charge in [0.1, 0.15) is 17.2 Å². The average molecular weight is 463 g/mol. The zero-order valence-electron chi connectivity index (χ0n) is 19.2. The van der Waals surface area contributed by atoms with E-state index in [1.165, 1.54) is 11.3 Å². The van der Waals surface area contributed by atoms with Crippen LogP contribution in [0.15, 0.2) is 23.6 Å². The molecule has 0 N–H and O–H groups in total. The first-order valence-corrected chi connectivity index (χ1v) is 11.4. The van der Waals surface area contributed by atoms with Gasteiger partial charge in [0.25, 0.3) is 0 Å². The summed E-state index contributed by atoms with van der Waals surface area (Å²) in [5, 5.41) is 2.61. The SMILES string of the molecule is COc1cccc(-c2nc(COC(=O)C3CCCN(C(=O)OC(C)(C)C)C3)cs2)c1OC. The first kappa shape index (κ1) is 23.8. The summed E-state index contributed by atoms with van der Waals surface area (Å²) in [5.41, 5.74) is 0.899. The Morgan fingerprint density at radius 2 is 2.00 bits per heavy atom. The van der Waals surface area contributed by atoms with Crippen molar-refractivity contribution in [2.24, 2.45) is 5.92 Å². The molecule has 0 spiro atoms. The highest BCUT2D eigenvalue weighted by molar-refractivity contribution is 7.13. The number of nitrogens with zero attached hydrogens (tertiary/aromatic N) is 2. The minimum absolute atomic E-state index is 0.0740. The number of para-hydroxylation sites is 1. The van der Waals surface area contributed by atoms with Gasteiger partial charge >= 0.3 is 12.1 Å². The summed E-state index contributed by atoms with van der Waals surface area (Å²) in [7, 11) is 3.17. The maximum Gasteiger partial charge on any atom is 0.410 e. The number of carbonyl (C=O) groups excluding carboxylic acids is 2. The van der Waals surface area contributed by atoms with Crippen LogP contribution in [0.3, 0.4) is 0 Å². The zero-order chi connectivity index (χ0) is 23.3. The molecule has 1 atom stereocenters. The van der Waals surface area contributed by atoms with Gasteiger partial charge in [0.05, 0.1) is 31.4 Å². The van der Waals surface area contributed by atoms with Crippen molar-refractivity contribution in [2.45, 2.75) is 45.8 Å². The highest BCUT2D eigenvalue weighted by atomic mass is 32.1. The van der Waals surface area contributed by atoms with E-state index in [1.54, 1.807) is 19.1 Å². The fourth-order valence-corrected chi connectivity index (χ4v) is 4.30. The third kappa shape index (κ3) is 5.91. The number of amides is 1. The first-order chi connectivity index (χ1) is 15.2. The largest absolute Gasteiger partial charge is 0.493 e. The van der Waals surface area contributed by atoms with Crippen LogP contribution in [0.25, 0.3) is 10.6 Å². The lowest BCUT2D eigenvalue weighted by atomic mass is 9.98. The van der Waals surface area contributed by atoms with E-state index in [0.29, 0.717) is 36.7 Å². The Morgan fingerprint density at radius 1 is 1.22 bits per heavy atom. The molecule has 1 aliphatic heterocycles. The number of esters is 1. The standard InChI is InChI=1S/C23H30N2O6S/c1-23(2,3)31-22(27)25-11-7-8-15(12-25)21(26)30-13-16-14-32-20(24-16)17-9-6-10-18(28-4)19(17)29-5/h6,9-10,14-15H,7-8,11-13H2,1-5H3. The van der Waals surface area contributed by atoms with Crippen LogP contribution in [0, 0.1) is 5.92 Å². The molecule has 1 aromatic heterocycles. The van der Waals surface area contributed by atoms with Crippen molar-refractivity contribution in [3.63, 3.8) is 0 Å². The molecule has 1 unspecified atom stereocenters. The van der Waals surface area contributed by atoms with Gasteiger partial charge in [-0.3, -0.25) is 4.79 Å². The van der Waals surface area contributed by atoms with Crippen LogP contribution in [0.2, 0.25) is 0 Å². The molecule has 2 heterocycles. The van der Waals surface area contributed by atoms with Crippen molar-refractivity contribution in [3.05, 3.63) is 29.3 Å². The van der Waals surface area contributed by atoms with Crippen molar-refractivity contribution >= 4 is 23.4 Å². The monoisotopic (exact) mass is 462 g/mol. The smallest absolute Gasteiger partial charge is 0.410 e. The number of thiazole rings is 1. The second-order valence-corrected chi connectivity index (χ2v) is 9.42. The second-order valence-electron chi connectivity index (χ2n) is 8.56. The van der Waals surface area contributed by atoms with Crippen molar-refractivity contribution in [3.8, 4) is 22.1 Å². The Kier molecular flexibility index (Phi) is 7.60. The van der Waals surface area contributed by atoms with E-state index < -0.39 is 11.7 Å². The Balaban J connectivity index is 1.59. The molecule has 2 aromatic rings. The molecule has 32 heavy (non-hydrogen) atoms. The molecule has 1 saturated heterocycles. The first-order valence-electron chi connectivity index (χ1n) is 10.5. The summed E-state index contributed by atoms with van der Waals surface area (Å²) in [4.78, 5) is 31.1. The maximum absolute atomic E-state index is 12.6. The van der Waals surface area contributed by atoms with Crippen molar-refractivity contribution in [1.29, 1.82) is 0 Å². The van der Waals surface area contributed by atoms with Crippen LogP contribution < -0.4 is 9.47 Å². The van der Waals surface area contributed by atoms with Gasteiger partial charge in [-0.25, -0.2) is 9.78 Å². The Hall–Kier alpha value is -2.81. The summed E-state index contributed by atoms with van der Waals surface area (Å²) < 4.78 is 21.8. The average Bonchev–Trinajstić information content (AvgIpc) is 3.24. The molecule has 0 radical (unpaired) electrons. The molecule has 0 saturated carbocycles. The Labute approximate surface area is 192 Å². The highest BCUT2D eigenvalue weighted by Gasteiger charge is 2.32. The normalized spacial score (nSPS) is 16.4. The van der Waals surface area contributed by atoms with E-state index in [2.05, 4.69) is 4.98 Å². The van der Waals surface area contributed by atoms with Gasteiger partial charge in [0.2, 0.25) is 0 Å². The summed E-state index contributed by atoms with van der Waals surface area (Å²) in [6.07, 6.45) is 1.02. The quantitative estimate of drug-likeness (QED) is 0.584. The van der Waals surface area contributed by atoms with Crippen LogP contribution in [-0.4, -0.2) is 54.9 Å². The molecular weight excluding hydrogens is 432 g/mol. The Morgan fingerprint density at radius 3 is 2.69 bits per heavy atom. The van der Waals surface area contributed by atoms with Crippen LogP contribution in [0.1, 0.15) is 39.3 Å². The van der Waals surface area contributed by atoms with E-state index in [-0.39, 0.29) is 18.5 Å². The summed E-state index contributed by atoms with van der Waals surface area (Å²) >= 11 is 1.44. The highest BCUT2D eigenvalue weighted by Crippen LogP contribution is 2.39. The summed E-state index contributed by atoms with van der Waals surface area (Å²) in [5.74, 6) is 0.539. The number of methoxy groups -OCH3 is 2. The van der Waals surface area contributed by atoms with Gasteiger partial charge in [-0.2, -0.15) is 0 Å². The lowest BCUT2D eigenvalue weighted by Gasteiger charge is -2.33. The van der Waals surface area contributed by atoms with Crippen molar-refractivity contribution in [2.75, 3.05) is 27.3 Å². The fraction of sp³-hybridized carbons (Fsp3) is 0.522. The number of hydrogen-bond donors (Lipinski definition) is 0. The molecule has 1 fully saturated rings. The molecule has 0 aliphatic carbocycles. The van der Waals surface area contributed by atoms with E-state index in [4.69, 9.17) is 18.9 Å². The lowest BCUT2D eigenvalue weighted by molar-refractivity contribution is -0.151. The van der Waals surface area contributed by atoms with Gasteiger partial charge in [0, 0.05) is 18.5 Å². The third-order valence-corrected chi connectivity index (χ3v) is 5.88. The zero-order valence-corrected chi connectivity index (χ0v) is 20.0. The minimum Gasteiger partial charge on any atom is -0.493 e. The molecule has 0 bridgehead atoms. The maximum atomic E-state index is 12.6. The van der Waals surface area contributed by atoms with Crippen molar-refractivity contribution in [1.82, 2.24) is 9.88 Å². The number of ether oxygens (including phenoxy) is 4. The molecular formula is C23H30N2O6S. The number of likely N-dealkylation sites (tertiary alicyclic amines) is 1. The summed E-state index contributed by atoms with van der Waals surface area (Å²) in [6.45, 7) is 6.43. The number of carbonyl (C=O) groups is 2. The van der Waals surface area contributed by atoms with Gasteiger partial charge in [-0.1, -0.05) is 6.07 Å². The van der Waals surface area contributed by atoms with E-state index >= 15 is 0 Å². The molecule has 1 amide bonds. The number of rotatable bonds is 6. The molecule has 174 valence electrons. The van der Waals surface area contributed by atoms with Crippen LogP contribution in [-0.2, 0) is 20.9 Å². The van der Waals surface area contributed by atoms with E-state index in [0.717, 1.165) is 17.0 Å². The van der Waals surface area contributed by atoms with Gasteiger partial charge < -0.3 is 23.8 Å². The predicted molar refractivity (Wildman–Crippen MR) is 121 cm³/mol. The van der Waals surface area contributed by atoms with E-state index in [9.17, 15) is 9.59 Å². The van der Waals surface area contributed by atoms with Crippen LogP contribution in [0.4, 0.5) is 4.79 Å². The van der Waals surface area contributed by atoms with Crippen LogP contribution in [0.5, 0.6) is 11.5 Å². The minimum atomic E-state index is -0.571. The molecule has 9 heteroatoms. The number of piperidine rings is 1. The second kappa shape index (κ2) is 10.2. The van der Waals surface area contributed by atoms with Gasteiger partial charge in [0.15, 0.2) is 11.5 Å². The molecule has 8 nitrogen and oxygen atoms in total. The number of hydrogen-bond acceptors (Lipinski definition) is 8. The predicted octanol–water partition coefficient (Wildman–Crippen LogP) is 4.52. The summed E-state index contributed by atoms with van der Waals surface area (Å²) in [6, 6.07) is 5.60. The van der Waals surface area contributed by atoms with E-state index in [1.807, 2.05) is 44.4 Å². The molecule has 1 aliphatic rings. The lowest BCUT2D eigenvalue weighted by Crippen LogP contribution is -2.45. The fourth-order valence-electron chi connectivity index (χ4n) is 3.48. The Bertz CT molecular complexity index is 952. The van der Waals surface area contributed by atoms with Crippen molar-refractivity contribution < 1.29 is 28.5 Å². The van der Waals surface area contributed by atoms with Gasteiger partial charge in [-0.05, 0) is 45.7 Å². The number of aromatic nitrogens is 1.